The maximum absolute atomic E-state index is 3.75. The Bertz CT molecular complexity index is 328. The minimum Gasteiger partial charge on any atom is -0.311 e. The summed E-state index contributed by atoms with van der Waals surface area (Å²) >= 11 is 0. The number of hydrogen-bond donors (Lipinski definition) is 1. The smallest absolute Gasteiger partial charge is 0.0108 e. The SMILES string of the molecule is CCC(Cc1ccc(C)cc1)NC1CC1C. The fraction of sp³-hybridized carbons (Fsp3) is 0.600. The predicted molar refractivity (Wildman–Crippen MR) is 69.7 cm³/mol. The molecule has 16 heavy (non-hydrogen) atoms. The lowest BCUT2D eigenvalue weighted by Gasteiger charge is -2.17. The molecule has 1 aromatic carbocycles. The van der Waals surface area contributed by atoms with Crippen LogP contribution in [0.2, 0.25) is 0 Å². The van der Waals surface area contributed by atoms with Crippen LogP contribution < -0.4 is 5.32 Å². The van der Waals surface area contributed by atoms with Gasteiger partial charge in [-0.2, -0.15) is 0 Å². The fourth-order valence-corrected chi connectivity index (χ4v) is 2.19. The van der Waals surface area contributed by atoms with Gasteiger partial charge in [0.15, 0.2) is 0 Å². The molecule has 1 aromatic rings. The Morgan fingerprint density at radius 2 is 1.94 bits per heavy atom. The molecule has 0 aliphatic heterocycles. The van der Waals surface area contributed by atoms with E-state index in [1.165, 1.54) is 30.4 Å². The molecule has 1 aliphatic carbocycles. The van der Waals surface area contributed by atoms with Gasteiger partial charge in [-0.1, -0.05) is 43.7 Å². The van der Waals surface area contributed by atoms with Crippen LogP contribution >= 0.6 is 0 Å². The summed E-state index contributed by atoms with van der Waals surface area (Å²) in [5, 5.41) is 3.75. The van der Waals surface area contributed by atoms with Crippen molar-refractivity contribution in [2.24, 2.45) is 5.92 Å². The molecule has 88 valence electrons. The topological polar surface area (TPSA) is 12.0 Å². The van der Waals surface area contributed by atoms with Crippen molar-refractivity contribution in [2.75, 3.05) is 0 Å². The van der Waals surface area contributed by atoms with Gasteiger partial charge >= 0.3 is 0 Å². The quantitative estimate of drug-likeness (QED) is 0.798. The Labute approximate surface area is 99.3 Å². The molecule has 0 amide bonds. The standard InChI is InChI=1S/C15H23N/c1-4-14(16-15-9-12(15)3)10-13-7-5-11(2)6-8-13/h5-8,12,14-16H,4,9-10H2,1-3H3. The Morgan fingerprint density at radius 3 is 2.44 bits per heavy atom. The molecule has 0 saturated heterocycles. The summed E-state index contributed by atoms with van der Waals surface area (Å²) in [5.41, 5.74) is 2.80. The van der Waals surface area contributed by atoms with E-state index in [0.717, 1.165) is 12.0 Å². The van der Waals surface area contributed by atoms with E-state index in [1.54, 1.807) is 0 Å². The van der Waals surface area contributed by atoms with Crippen LogP contribution in [-0.4, -0.2) is 12.1 Å². The molecule has 0 spiro atoms. The third-order valence-corrected chi connectivity index (χ3v) is 3.65. The maximum atomic E-state index is 3.75. The van der Waals surface area contributed by atoms with Gasteiger partial charge < -0.3 is 5.32 Å². The normalized spacial score (nSPS) is 25.4. The molecule has 1 nitrogen and oxygen atoms in total. The molecule has 1 aliphatic rings. The van der Waals surface area contributed by atoms with Gasteiger partial charge in [0.1, 0.15) is 0 Å². The van der Waals surface area contributed by atoms with Gasteiger partial charge in [-0.3, -0.25) is 0 Å². The van der Waals surface area contributed by atoms with Gasteiger partial charge in [-0.25, -0.2) is 0 Å². The first-order valence-electron chi connectivity index (χ1n) is 6.50. The lowest BCUT2D eigenvalue weighted by Crippen LogP contribution is -2.33. The van der Waals surface area contributed by atoms with Crippen LogP contribution in [0.5, 0.6) is 0 Å². The van der Waals surface area contributed by atoms with E-state index in [-0.39, 0.29) is 0 Å². The minimum atomic E-state index is 0.651. The van der Waals surface area contributed by atoms with Gasteiger partial charge in [-0.15, -0.1) is 0 Å². The van der Waals surface area contributed by atoms with Crippen LogP contribution in [0.4, 0.5) is 0 Å². The van der Waals surface area contributed by atoms with Crippen LogP contribution in [-0.2, 0) is 6.42 Å². The first-order chi connectivity index (χ1) is 7.69. The predicted octanol–water partition coefficient (Wildman–Crippen LogP) is 3.31. The second kappa shape index (κ2) is 5.01. The summed E-state index contributed by atoms with van der Waals surface area (Å²) in [4.78, 5) is 0. The lowest BCUT2D eigenvalue weighted by molar-refractivity contribution is 0.480. The summed E-state index contributed by atoms with van der Waals surface area (Å²) < 4.78 is 0. The second-order valence-corrected chi connectivity index (χ2v) is 5.28. The largest absolute Gasteiger partial charge is 0.311 e. The zero-order valence-corrected chi connectivity index (χ0v) is 10.7. The molecule has 3 unspecified atom stereocenters. The summed E-state index contributed by atoms with van der Waals surface area (Å²) in [5.74, 6) is 0.895. The monoisotopic (exact) mass is 217 g/mol. The summed E-state index contributed by atoms with van der Waals surface area (Å²) in [6, 6.07) is 10.4. The third-order valence-electron chi connectivity index (χ3n) is 3.65. The van der Waals surface area contributed by atoms with Crippen molar-refractivity contribution in [1.29, 1.82) is 0 Å². The van der Waals surface area contributed by atoms with Crippen LogP contribution in [0.1, 0.15) is 37.8 Å². The number of rotatable bonds is 5. The molecule has 0 radical (unpaired) electrons. The van der Waals surface area contributed by atoms with E-state index in [4.69, 9.17) is 0 Å². The van der Waals surface area contributed by atoms with Gasteiger partial charge in [0.2, 0.25) is 0 Å². The van der Waals surface area contributed by atoms with Gasteiger partial charge in [0.05, 0.1) is 0 Å². The minimum absolute atomic E-state index is 0.651. The lowest BCUT2D eigenvalue weighted by atomic mass is 10.0. The van der Waals surface area contributed by atoms with Crippen LogP contribution in [0.3, 0.4) is 0 Å². The fourth-order valence-electron chi connectivity index (χ4n) is 2.19. The molecule has 1 N–H and O–H groups in total. The highest BCUT2D eigenvalue weighted by Gasteiger charge is 2.33. The highest BCUT2D eigenvalue weighted by molar-refractivity contribution is 5.22. The first kappa shape index (κ1) is 11.7. The van der Waals surface area contributed by atoms with E-state index in [9.17, 15) is 0 Å². The van der Waals surface area contributed by atoms with Crippen molar-refractivity contribution in [3.8, 4) is 0 Å². The Hall–Kier alpha value is -0.820. The molecule has 0 bridgehead atoms. The average Bonchev–Trinajstić information content (AvgIpc) is 2.96. The zero-order valence-electron chi connectivity index (χ0n) is 10.7. The summed E-state index contributed by atoms with van der Waals surface area (Å²) in [6.07, 6.45) is 3.75. The summed E-state index contributed by atoms with van der Waals surface area (Å²) in [7, 11) is 0. The van der Waals surface area contributed by atoms with Crippen molar-refractivity contribution in [3.05, 3.63) is 35.4 Å². The molecular weight excluding hydrogens is 194 g/mol. The molecule has 3 atom stereocenters. The molecule has 1 saturated carbocycles. The van der Waals surface area contributed by atoms with Crippen molar-refractivity contribution < 1.29 is 0 Å². The van der Waals surface area contributed by atoms with E-state index in [1.807, 2.05) is 0 Å². The average molecular weight is 217 g/mol. The molecule has 2 rings (SSSR count). The first-order valence-corrected chi connectivity index (χ1v) is 6.50. The van der Waals surface area contributed by atoms with Crippen molar-refractivity contribution in [3.63, 3.8) is 0 Å². The van der Waals surface area contributed by atoms with Crippen molar-refractivity contribution >= 4 is 0 Å². The third kappa shape index (κ3) is 3.08. The van der Waals surface area contributed by atoms with Crippen LogP contribution in [0.15, 0.2) is 24.3 Å². The number of aryl methyl sites for hydroxylation is 1. The number of hydrogen-bond acceptors (Lipinski definition) is 1. The molecule has 1 fully saturated rings. The maximum Gasteiger partial charge on any atom is 0.0108 e. The van der Waals surface area contributed by atoms with Crippen LogP contribution in [0, 0.1) is 12.8 Å². The van der Waals surface area contributed by atoms with E-state index < -0.39 is 0 Å². The molecule has 0 heterocycles. The zero-order chi connectivity index (χ0) is 11.5. The molecule has 1 heteroatoms. The Balaban J connectivity index is 1.88. The Morgan fingerprint density at radius 1 is 1.31 bits per heavy atom. The molecule has 0 aromatic heterocycles. The van der Waals surface area contributed by atoms with Crippen molar-refractivity contribution in [1.82, 2.24) is 5.32 Å². The highest BCUT2D eigenvalue weighted by atomic mass is 15.0. The summed E-state index contributed by atoms with van der Waals surface area (Å²) in [6.45, 7) is 6.75. The number of nitrogens with one attached hydrogen (secondary N) is 1. The van der Waals surface area contributed by atoms with Crippen molar-refractivity contribution in [2.45, 2.75) is 52.1 Å². The Kier molecular flexibility index (Phi) is 3.65. The highest BCUT2D eigenvalue weighted by Crippen LogP contribution is 2.30. The van der Waals surface area contributed by atoms with Gasteiger partial charge in [0, 0.05) is 12.1 Å². The number of benzene rings is 1. The van der Waals surface area contributed by atoms with Gasteiger partial charge in [0.25, 0.3) is 0 Å². The molecular formula is C15H23N. The van der Waals surface area contributed by atoms with E-state index >= 15 is 0 Å². The van der Waals surface area contributed by atoms with E-state index in [0.29, 0.717) is 6.04 Å². The van der Waals surface area contributed by atoms with Crippen LogP contribution in [0.25, 0.3) is 0 Å². The second-order valence-electron chi connectivity index (χ2n) is 5.28. The van der Waals surface area contributed by atoms with E-state index in [2.05, 4.69) is 50.4 Å². The van der Waals surface area contributed by atoms with Gasteiger partial charge in [-0.05, 0) is 37.7 Å².